The average Bonchev–Trinajstić information content (AvgIpc) is 2.70. The SMILES string of the molecule is Cc1cn([C@@H]2O[C@H](CO)[C@@H](O)C2=S(=O)=O)c(=O)[nH]c1=O. The minimum Gasteiger partial charge on any atom is -0.394 e. The van der Waals surface area contributed by atoms with Crippen LogP contribution in [0.5, 0.6) is 0 Å². The Labute approximate surface area is 113 Å². The molecule has 2 heterocycles. The average molecular weight is 304 g/mol. The van der Waals surface area contributed by atoms with E-state index in [1.807, 2.05) is 4.98 Å². The minimum absolute atomic E-state index is 0.172. The third-order valence-electron chi connectivity index (χ3n) is 2.96. The molecule has 1 aliphatic heterocycles. The van der Waals surface area contributed by atoms with Crippen LogP contribution >= 0.6 is 0 Å². The van der Waals surface area contributed by atoms with Gasteiger partial charge in [-0.1, -0.05) is 0 Å². The third kappa shape index (κ3) is 2.33. The first-order valence-corrected chi connectivity index (χ1v) is 6.66. The predicted octanol–water partition coefficient (Wildman–Crippen LogP) is -2.85. The first-order valence-electron chi connectivity index (χ1n) is 5.59. The summed E-state index contributed by atoms with van der Waals surface area (Å²) in [6.07, 6.45) is -2.98. The van der Waals surface area contributed by atoms with Crippen molar-refractivity contribution in [1.82, 2.24) is 9.55 Å². The van der Waals surface area contributed by atoms with Crippen LogP contribution in [0.25, 0.3) is 0 Å². The number of rotatable bonds is 2. The second kappa shape index (κ2) is 5.32. The Morgan fingerprint density at radius 3 is 2.65 bits per heavy atom. The summed E-state index contributed by atoms with van der Waals surface area (Å²) in [7, 11) is -2.82. The summed E-state index contributed by atoms with van der Waals surface area (Å²) in [5.74, 6) is 0. The summed E-state index contributed by atoms with van der Waals surface area (Å²) in [4.78, 5) is 24.5. The number of aliphatic hydroxyl groups is 2. The van der Waals surface area contributed by atoms with Gasteiger partial charge >= 0.3 is 5.69 Å². The second-order valence-electron chi connectivity index (χ2n) is 4.27. The van der Waals surface area contributed by atoms with Crippen LogP contribution in [0.2, 0.25) is 0 Å². The second-order valence-corrected chi connectivity index (χ2v) is 5.21. The molecule has 0 saturated carbocycles. The van der Waals surface area contributed by atoms with Crippen molar-refractivity contribution >= 4 is 15.2 Å². The van der Waals surface area contributed by atoms with Gasteiger partial charge in [-0.15, -0.1) is 0 Å². The van der Waals surface area contributed by atoms with Gasteiger partial charge in [-0.05, 0) is 6.92 Å². The van der Waals surface area contributed by atoms with Crippen LogP contribution in [-0.4, -0.2) is 51.9 Å². The number of aryl methyl sites for hydroxylation is 1. The molecule has 1 aliphatic rings. The Bertz CT molecular complexity index is 768. The lowest BCUT2D eigenvalue weighted by molar-refractivity contribution is -0.0441. The van der Waals surface area contributed by atoms with E-state index >= 15 is 0 Å². The lowest BCUT2D eigenvalue weighted by Crippen LogP contribution is -2.36. The molecule has 9 nitrogen and oxygen atoms in total. The highest BCUT2D eigenvalue weighted by atomic mass is 32.2. The van der Waals surface area contributed by atoms with Crippen molar-refractivity contribution in [1.29, 1.82) is 0 Å². The number of aromatic nitrogens is 2. The van der Waals surface area contributed by atoms with Crippen LogP contribution in [0.1, 0.15) is 11.8 Å². The van der Waals surface area contributed by atoms with Gasteiger partial charge in [-0.3, -0.25) is 14.3 Å². The van der Waals surface area contributed by atoms with Crippen molar-refractivity contribution in [2.45, 2.75) is 25.4 Å². The molecular weight excluding hydrogens is 292 g/mol. The molecule has 1 aromatic rings. The minimum atomic E-state index is -2.82. The molecule has 3 atom stereocenters. The van der Waals surface area contributed by atoms with Crippen molar-refractivity contribution < 1.29 is 23.4 Å². The number of ether oxygens (including phenoxy) is 1. The Balaban J connectivity index is 2.64. The number of nitrogens with one attached hydrogen (secondary N) is 1. The molecule has 0 radical (unpaired) electrons. The predicted molar refractivity (Wildman–Crippen MR) is 67.0 cm³/mol. The molecule has 0 amide bonds. The zero-order chi connectivity index (χ0) is 15.0. The van der Waals surface area contributed by atoms with E-state index < -0.39 is 51.4 Å². The fourth-order valence-corrected chi connectivity index (χ4v) is 2.61. The lowest BCUT2D eigenvalue weighted by Gasteiger charge is -2.14. The Kier molecular flexibility index (Phi) is 3.90. The number of hydrogen-bond acceptors (Lipinski definition) is 7. The molecular formula is C10H12N2O7S. The van der Waals surface area contributed by atoms with Gasteiger partial charge in [0.25, 0.3) is 5.56 Å². The van der Waals surface area contributed by atoms with Crippen molar-refractivity contribution in [2.24, 2.45) is 0 Å². The van der Waals surface area contributed by atoms with Crippen molar-refractivity contribution in [3.63, 3.8) is 0 Å². The molecule has 2 rings (SSSR count). The van der Waals surface area contributed by atoms with Crippen LogP contribution in [0.4, 0.5) is 0 Å². The maximum atomic E-state index is 11.7. The molecule has 0 aromatic carbocycles. The first-order chi connectivity index (χ1) is 9.36. The molecule has 0 aliphatic carbocycles. The molecule has 1 saturated heterocycles. The molecule has 1 aromatic heterocycles. The van der Waals surface area contributed by atoms with E-state index in [0.717, 1.165) is 10.8 Å². The van der Waals surface area contributed by atoms with E-state index in [1.54, 1.807) is 0 Å². The Hall–Kier alpha value is -1.75. The topological polar surface area (TPSA) is 139 Å². The van der Waals surface area contributed by atoms with E-state index in [0.29, 0.717) is 0 Å². The van der Waals surface area contributed by atoms with Gasteiger partial charge in [-0.25, -0.2) is 4.79 Å². The molecule has 10 heteroatoms. The van der Waals surface area contributed by atoms with E-state index in [1.165, 1.54) is 6.92 Å². The number of hydrogen-bond donors (Lipinski definition) is 3. The van der Waals surface area contributed by atoms with Gasteiger partial charge in [0.05, 0.1) is 6.61 Å². The first kappa shape index (κ1) is 14.7. The molecule has 110 valence electrons. The third-order valence-corrected chi connectivity index (χ3v) is 3.79. The molecule has 0 bridgehead atoms. The van der Waals surface area contributed by atoms with Crippen molar-refractivity contribution in [3.05, 3.63) is 32.6 Å². The molecule has 1 fully saturated rings. The fraction of sp³-hybridized carbons (Fsp3) is 0.500. The summed E-state index contributed by atoms with van der Waals surface area (Å²) in [5.41, 5.74) is -1.31. The van der Waals surface area contributed by atoms with Crippen LogP contribution in [-0.2, 0) is 15.0 Å². The van der Waals surface area contributed by atoms with Gasteiger partial charge in [0.2, 0.25) is 10.3 Å². The number of H-pyrrole nitrogens is 1. The van der Waals surface area contributed by atoms with Crippen LogP contribution in [0.15, 0.2) is 15.8 Å². The van der Waals surface area contributed by atoms with Gasteiger partial charge in [-0.2, -0.15) is 8.42 Å². The standard InChI is InChI=1S/C10H12N2O7S/c1-4-2-12(10(16)11-8(4)15)9-7(20(17)18)6(14)5(3-13)19-9/h2,5-6,9,13-14H,3H2,1H3,(H,11,15,16)/t5-,6-,9-/m1/s1. The molecule has 20 heavy (non-hydrogen) atoms. The largest absolute Gasteiger partial charge is 0.394 e. The number of nitrogens with zero attached hydrogens (tertiary/aromatic N) is 1. The highest BCUT2D eigenvalue weighted by Gasteiger charge is 2.42. The zero-order valence-corrected chi connectivity index (χ0v) is 11.1. The van der Waals surface area contributed by atoms with Crippen molar-refractivity contribution in [3.8, 4) is 0 Å². The smallest absolute Gasteiger partial charge is 0.330 e. The number of aliphatic hydroxyl groups excluding tert-OH is 2. The fourth-order valence-electron chi connectivity index (χ4n) is 1.92. The van der Waals surface area contributed by atoms with E-state index in [9.17, 15) is 23.1 Å². The molecule has 0 unspecified atom stereocenters. The van der Waals surface area contributed by atoms with Gasteiger partial charge < -0.3 is 14.9 Å². The molecule has 3 N–H and O–H groups in total. The van der Waals surface area contributed by atoms with Gasteiger partial charge in [0, 0.05) is 11.8 Å². The monoisotopic (exact) mass is 304 g/mol. The quantitative estimate of drug-likeness (QED) is 0.500. The van der Waals surface area contributed by atoms with Crippen LogP contribution in [0, 0.1) is 6.92 Å². The van der Waals surface area contributed by atoms with Crippen LogP contribution in [0.3, 0.4) is 0 Å². The lowest BCUT2D eigenvalue weighted by atomic mass is 10.2. The maximum Gasteiger partial charge on any atom is 0.330 e. The van der Waals surface area contributed by atoms with E-state index in [2.05, 4.69) is 0 Å². The highest BCUT2D eigenvalue weighted by molar-refractivity contribution is 7.73. The van der Waals surface area contributed by atoms with Crippen molar-refractivity contribution in [2.75, 3.05) is 6.61 Å². The number of aromatic amines is 1. The maximum absolute atomic E-state index is 11.7. The Morgan fingerprint density at radius 1 is 1.45 bits per heavy atom. The summed E-state index contributed by atoms with van der Waals surface area (Å²) < 4.78 is 28.4. The van der Waals surface area contributed by atoms with Crippen LogP contribution < -0.4 is 11.2 Å². The van der Waals surface area contributed by atoms with Gasteiger partial charge in [0.15, 0.2) is 6.23 Å². The van der Waals surface area contributed by atoms with E-state index in [-0.39, 0.29) is 5.56 Å². The normalized spacial score (nSPS) is 25.9. The summed E-state index contributed by atoms with van der Waals surface area (Å²) in [6.45, 7) is 0.812. The molecule has 0 spiro atoms. The summed E-state index contributed by atoms with van der Waals surface area (Å²) in [5, 5.41) is 18.8. The summed E-state index contributed by atoms with van der Waals surface area (Å²) in [6, 6.07) is 0. The van der Waals surface area contributed by atoms with E-state index in [4.69, 9.17) is 9.84 Å². The summed E-state index contributed by atoms with van der Waals surface area (Å²) >= 11 is 0. The zero-order valence-electron chi connectivity index (χ0n) is 10.3. The Morgan fingerprint density at radius 2 is 2.10 bits per heavy atom. The highest BCUT2D eigenvalue weighted by Crippen LogP contribution is 2.24. The van der Waals surface area contributed by atoms with Gasteiger partial charge in [0.1, 0.15) is 17.1 Å².